The molecule has 0 aliphatic rings. The van der Waals surface area contributed by atoms with Gasteiger partial charge in [0, 0.05) is 12.6 Å². The third-order valence-electron chi connectivity index (χ3n) is 2.50. The van der Waals surface area contributed by atoms with Gasteiger partial charge in [-0.3, -0.25) is 0 Å². The van der Waals surface area contributed by atoms with Gasteiger partial charge in [0.1, 0.15) is 0 Å². The van der Waals surface area contributed by atoms with Crippen molar-refractivity contribution >= 4 is 11.9 Å². The summed E-state index contributed by atoms with van der Waals surface area (Å²) in [4.78, 5) is 12.6. The maximum atomic E-state index is 5.06. The normalized spacial score (nSPS) is 12.0. The molecule has 0 aliphatic carbocycles. The number of anilines is 2. The highest BCUT2D eigenvalue weighted by atomic mass is 16.5. The van der Waals surface area contributed by atoms with Crippen LogP contribution in [0, 0.1) is 0 Å². The summed E-state index contributed by atoms with van der Waals surface area (Å²) in [7, 11) is 1.55. The predicted molar refractivity (Wildman–Crippen MR) is 73.2 cm³/mol. The fourth-order valence-corrected chi connectivity index (χ4v) is 1.55. The Balaban J connectivity index is 2.71. The molecule has 0 amide bonds. The van der Waals surface area contributed by atoms with E-state index in [1.807, 2.05) is 6.92 Å². The van der Waals surface area contributed by atoms with Crippen LogP contribution in [0.2, 0.25) is 0 Å². The van der Waals surface area contributed by atoms with Crippen LogP contribution >= 0.6 is 0 Å². The molecule has 18 heavy (non-hydrogen) atoms. The first-order valence-electron chi connectivity index (χ1n) is 6.50. The average Bonchev–Trinajstić information content (AvgIpc) is 2.36. The molecule has 102 valence electrons. The van der Waals surface area contributed by atoms with E-state index < -0.39 is 0 Å². The summed E-state index contributed by atoms with van der Waals surface area (Å²) >= 11 is 0. The van der Waals surface area contributed by atoms with Crippen LogP contribution in [0.5, 0.6) is 6.01 Å². The number of methoxy groups -OCH3 is 1. The second kappa shape index (κ2) is 7.68. The number of unbranched alkanes of at least 4 members (excludes halogenated alkanes) is 1. The van der Waals surface area contributed by atoms with Gasteiger partial charge in [-0.05, 0) is 20.3 Å². The van der Waals surface area contributed by atoms with Gasteiger partial charge in [0.2, 0.25) is 11.9 Å². The molecule has 1 heterocycles. The molecular formula is C12H23N5O. The number of nitrogens with one attached hydrogen (secondary N) is 2. The van der Waals surface area contributed by atoms with Crippen molar-refractivity contribution in [2.75, 3.05) is 24.3 Å². The Bertz CT molecular complexity index is 358. The van der Waals surface area contributed by atoms with E-state index in [4.69, 9.17) is 4.74 Å². The first-order chi connectivity index (χ1) is 8.69. The topological polar surface area (TPSA) is 72.0 Å². The van der Waals surface area contributed by atoms with Crippen molar-refractivity contribution in [1.29, 1.82) is 0 Å². The zero-order valence-corrected chi connectivity index (χ0v) is 11.7. The SMILES string of the molecule is CCCCC(C)Nc1nc(NCC)nc(OC)n1. The molecule has 6 heteroatoms. The minimum absolute atomic E-state index is 0.325. The first-order valence-corrected chi connectivity index (χ1v) is 6.50. The molecule has 0 aromatic carbocycles. The number of hydrogen-bond donors (Lipinski definition) is 2. The van der Waals surface area contributed by atoms with Crippen molar-refractivity contribution in [3.8, 4) is 6.01 Å². The molecule has 0 fully saturated rings. The van der Waals surface area contributed by atoms with Gasteiger partial charge in [0.05, 0.1) is 7.11 Å². The van der Waals surface area contributed by atoms with Crippen LogP contribution in [0.4, 0.5) is 11.9 Å². The van der Waals surface area contributed by atoms with Crippen molar-refractivity contribution in [1.82, 2.24) is 15.0 Å². The lowest BCUT2D eigenvalue weighted by Crippen LogP contribution is -2.18. The zero-order valence-electron chi connectivity index (χ0n) is 11.7. The maximum Gasteiger partial charge on any atom is 0.322 e. The van der Waals surface area contributed by atoms with Crippen LogP contribution in [-0.4, -0.2) is 34.6 Å². The standard InChI is InChI=1S/C12H23N5O/c1-5-7-8-9(3)14-11-15-10(13-6-2)16-12(17-11)18-4/h9H,5-8H2,1-4H3,(H2,13,14,15,16,17). The summed E-state index contributed by atoms with van der Waals surface area (Å²) in [5.74, 6) is 1.09. The fraction of sp³-hybridized carbons (Fsp3) is 0.750. The van der Waals surface area contributed by atoms with E-state index in [1.165, 1.54) is 12.8 Å². The number of ether oxygens (including phenoxy) is 1. The molecule has 6 nitrogen and oxygen atoms in total. The Morgan fingerprint density at radius 3 is 2.50 bits per heavy atom. The van der Waals surface area contributed by atoms with E-state index in [0.717, 1.165) is 13.0 Å². The summed E-state index contributed by atoms with van der Waals surface area (Å²) in [5, 5.41) is 6.32. The smallest absolute Gasteiger partial charge is 0.322 e. The van der Waals surface area contributed by atoms with Crippen LogP contribution < -0.4 is 15.4 Å². The lowest BCUT2D eigenvalue weighted by molar-refractivity contribution is 0.379. The van der Waals surface area contributed by atoms with Crippen molar-refractivity contribution < 1.29 is 4.74 Å². The third-order valence-corrected chi connectivity index (χ3v) is 2.50. The second-order valence-electron chi connectivity index (χ2n) is 4.19. The summed E-state index contributed by atoms with van der Waals surface area (Å²) in [6.07, 6.45) is 3.48. The molecule has 1 atom stereocenters. The van der Waals surface area contributed by atoms with E-state index in [1.54, 1.807) is 7.11 Å². The highest BCUT2D eigenvalue weighted by molar-refractivity contribution is 5.36. The molecule has 1 unspecified atom stereocenters. The Morgan fingerprint density at radius 1 is 1.17 bits per heavy atom. The van der Waals surface area contributed by atoms with Crippen molar-refractivity contribution in [2.24, 2.45) is 0 Å². The minimum atomic E-state index is 0.325. The largest absolute Gasteiger partial charge is 0.467 e. The number of nitrogens with zero attached hydrogens (tertiary/aromatic N) is 3. The predicted octanol–water partition coefficient (Wildman–Crippen LogP) is 2.30. The highest BCUT2D eigenvalue weighted by Gasteiger charge is 2.08. The Labute approximate surface area is 109 Å². The van der Waals surface area contributed by atoms with Gasteiger partial charge in [0.25, 0.3) is 0 Å². The minimum Gasteiger partial charge on any atom is -0.467 e. The van der Waals surface area contributed by atoms with Crippen LogP contribution in [0.1, 0.15) is 40.0 Å². The lowest BCUT2D eigenvalue weighted by Gasteiger charge is -2.14. The molecular weight excluding hydrogens is 230 g/mol. The van der Waals surface area contributed by atoms with Gasteiger partial charge in [0.15, 0.2) is 0 Å². The van der Waals surface area contributed by atoms with Crippen LogP contribution in [0.3, 0.4) is 0 Å². The zero-order chi connectivity index (χ0) is 13.4. The summed E-state index contributed by atoms with van der Waals surface area (Å²) < 4.78 is 5.06. The van der Waals surface area contributed by atoms with Gasteiger partial charge >= 0.3 is 6.01 Å². The first kappa shape index (κ1) is 14.5. The summed E-state index contributed by atoms with van der Waals surface area (Å²) in [6, 6.07) is 0.665. The van der Waals surface area contributed by atoms with Crippen LogP contribution in [0.15, 0.2) is 0 Å². The number of rotatable bonds is 8. The summed E-state index contributed by atoms with van der Waals surface area (Å²) in [6.45, 7) is 7.06. The molecule has 0 saturated heterocycles. The van der Waals surface area contributed by atoms with Gasteiger partial charge in [-0.25, -0.2) is 0 Å². The van der Waals surface area contributed by atoms with Gasteiger partial charge in [-0.15, -0.1) is 0 Å². The number of hydrogen-bond acceptors (Lipinski definition) is 6. The van der Waals surface area contributed by atoms with Gasteiger partial charge in [-0.1, -0.05) is 19.8 Å². The number of aromatic nitrogens is 3. The molecule has 0 saturated carbocycles. The fourth-order valence-electron chi connectivity index (χ4n) is 1.55. The van der Waals surface area contributed by atoms with E-state index in [0.29, 0.717) is 23.9 Å². The van der Waals surface area contributed by atoms with Gasteiger partial charge < -0.3 is 15.4 Å². The molecule has 0 radical (unpaired) electrons. The van der Waals surface area contributed by atoms with Crippen LogP contribution in [0.25, 0.3) is 0 Å². The molecule has 1 aromatic rings. The molecule has 0 spiro atoms. The lowest BCUT2D eigenvalue weighted by atomic mass is 10.1. The maximum absolute atomic E-state index is 5.06. The van der Waals surface area contributed by atoms with Crippen LogP contribution in [-0.2, 0) is 0 Å². The third kappa shape index (κ3) is 4.73. The Morgan fingerprint density at radius 2 is 1.89 bits per heavy atom. The Kier molecular flexibility index (Phi) is 6.18. The molecule has 1 aromatic heterocycles. The molecule has 1 rings (SSSR count). The van der Waals surface area contributed by atoms with Gasteiger partial charge in [-0.2, -0.15) is 15.0 Å². The molecule has 2 N–H and O–H groups in total. The van der Waals surface area contributed by atoms with Crippen molar-refractivity contribution in [2.45, 2.75) is 46.1 Å². The highest BCUT2D eigenvalue weighted by Crippen LogP contribution is 2.12. The molecule has 0 aliphatic heterocycles. The van der Waals surface area contributed by atoms with E-state index in [2.05, 4.69) is 39.4 Å². The van der Waals surface area contributed by atoms with Crippen molar-refractivity contribution in [3.63, 3.8) is 0 Å². The Hall–Kier alpha value is -1.59. The molecule has 0 bridgehead atoms. The average molecular weight is 253 g/mol. The van der Waals surface area contributed by atoms with E-state index in [9.17, 15) is 0 Å². The van der Waals surface area contributed by atoms with E-state index in [-0.39, 0.29) is 0 Å². The monoisotopic (exact) mass is 253 g/mol. The summed E-state index contributed by atoms with van der Waals surface area (Å²) in [5.41, 5.74) is 0. The quantitative estimate of drug-likeness (QED) is 0.740. The van der Waals surface area contributed by atoms with Crippen molar-refractivity contribution in [3.05, 3.63) is 0 Å². The van der Waals surface area contributed by atoms with E-state index >= 15 is 0 Å². The second-order valence-corrected chi connectivity index (χ2v) is 4.19.